The van der Waals surface area contributed by atoms with E-state index in [1.54, 1.807) is 11.5 Å². The molecule has 5 rings (SSSR count). The molecule has 6 nitrogen and oxygen atoms in total. The van der Waals surface area contributed by atoms with Crippen LogP contribution >= 0.6 is 27.3 Å². The molecule has 0 atom stereocenters. The molecule has 35 heavy (non-hydrogen) atoms. The van der Waals surface area contributed by atoms with E-state index < -0.39 is 0 Å². The lowest BCUT2D eigenvalue weighted by atomic mass is 10.2. The maximum atomic E-state index is 13.1. The Hall–Kier alpha value is -3.36. The van der Waals surface area contributed by atoms with Crippen LogP contribution in [0.5, 0.6) is 17.2 Å². The average molecular weight is 551 g/mol. The number of benzene rings is 3. The first-order chi connectivity index (χ1) is 17.0. The van der Waals surface area contributed by atoms with Gasteiger partial charge in [-0.15, -0.1) is 0 Å². The fourth-order valence-corrected chi connectivity index (χ4v) is 5.35. The number of para-hydroxylation sites is 2. The van der Waals surface area contributed by atoms with Crippen molar-refractivity contribution >= 4 is 49.3 Å². The number of rotatable bonds is 8. The van der Waals surface area contributed by atoms with Gasteiger partial charge in [0.05, 0.1) is 40.4 Å². The maximum Gasteiger partial charge on any atom is 0.274 e. The van der Waals surface area contributed by atoms with Crippen LogP contribution in [0.25, 0.3) is 22.1 Å². The van der Waals surface area contributed by atoms with Crippen molar-refractivity contribution in [2.45, 2.75) is 13.3 Å². The molecule has 8 heteroatoms. The van der Waals surface area contributed by atoms with Crippen molar-refractivity contribution in [3.05, 3.63) is 91.1 Å². The van der Waals surface area contributed by atoms with E-state index in [0.717, 1.165) is 33.2 Å². The smallest absolute Gasteiger partial charge is 0.274 e. The first-order valence-electron chi connectivity index (χ1n) is 11.1. The van der Waals surface area contributed by atoms with Crippen LogP contribution in [-0.2, 0) is 0 Å². The van der Waals surface area contributed by atoms with Gasteiger partial charge in [0.2, 0.25) is 0 Å². The van der Waals surface area contributed by atoms with Crippen LogP contribution in [-0.4, -0.2) is 29.7 Å². The Labute approximate surface area is 214 Å². The zero-order valence-corrected chi connectivity index (χ0v) is 21.7. The molecule has 0 radical (unpaired) electrons. The minimum Gasteiger partial charge on any atom is -0.493 e. The third-order valence-electron chi connectivity index (χ3n) is 5.52. The van der Waals surface area contributed by atoms with Crippen LogP contribution in [0, 0.1) is 6.92 Å². The SMILES string of the molecule is COc1cc(C=c2sc3nc4ccccc4n3c2=O)cc(Br)c1OCCCOc1ccc(C)cc1. The second-order valence-electron chi connectivity index (χ2n) is 8.03. The lowest BCUT2D eigenvalue weighted by Gasteiger charge is -2.14. The van der Waals surface area contributed by atoms with Crippen LogP contribution in [0.3, 0.4) is 0 Å². The minimum atomic E-state index is -0.0808. The second-order valence-corrected chi connectivity index (χ2v) is 9.90. The number of methoxy groups -OCH3 is 1. The van der Waals surface area contributed by atoms with E-state index in [9.17, 15) is 4.79 Å². The van der Waals surface area contributed by atoms with Gasteiger partial charge >= 0.3 is 0 Å². The molecule has 0 saturated carbocycles. The fraction of sp³-hybridized carbons (Fsp3) is 0.185. The summed E-state index contributed by atoms with van der Waals surface area (Å²) in [5, 5.41) is 0. The van der Waals surface area contributed by atoms with E-state index in [2.05, 4.69) is 20.9 Å². The Morgan fingerprint density at radius 2 is 1.83 bits per heavy atom. The topological polar surface area (TPSA) is 62.1 Å². The molecule has 0 saturated heterocycles. The third-order valence-corrected chi connectivity index (χ3v) is 7.08. The minimum absolute atomic E-state index is 0.0808. The summed E-state index contributed by atoms with van der Waals surface area (Å²) in [6.07, 6.45) is 2.57. The maximum absolute atomic E-state index is 13.1. The molecule has 0 spiro atoms. The average Bonchev–Trinajstić information content (AvgIpc) is 3.36. The number of aromatic nitrogens is 2. The molecular formula is C27H23BrN2O4S. The first-order valence-corrected chi connectivity index (χ1v) is 12.8. The number of nitrogens with zero attached hydrogens (tertiary/aromatic N) is 2. The monoisotopic (exact) mass is 550 g/mol. The van der Waals surface area contributed by atoms with Crippen LogP contribution in [0.2, 0.25) is 0 Å². The van der Waals surface area contributed by atoms with Crippen molar-refractivity contribution in [1.82, 2.24) is 9.38 Å². The molecule has 5 aromatic rings. The van der Waals surface area contributed by atoms with Crippen molar-refractivity contribution in [2.24, 2.45) is 0 Å². The van der Waals surface area contributed by atoms with Gasteiger partial charge in [-0.3, -0.25) is 4.79 Å². The van der Waals surface area contributed by atoms with Gasteiger partial charge in [0.15, 0.2) is 16.5 Å². The third kappa shape index (κ3) is 4.90. The van der Waals surface area contributed by atoms with Crippen molar-refractivity contribution < 1.29 is 14.2 Å². The van der Waals surface area contributed by atoms with E-state index in [1.807, 2.05) is 73.7 Å². The largest absolute Gasteiger partial charge is 0.493 e. The van der Waals surface area contributed by atoms with Crippen LogP contribution in [0.15, 0.2) is 69.9 Å². The summed E-state index contributed by atoms with van der Waals surface area (Å²) in [7, 11) is 1.60. The van der Waals surface area contributed by atoms with Gasteiger partial charge < -0.3 is 14.2 Å². The zero-order chi connectivity index (χ0) is 24.4. The highest BCUT2D eigenvalue weighted by Gasteiger charge is 2.13. The number of aryl methyl sites for hydroxylation is 1. The van der Waals surface area contributed by atoms with Crippen LogP contribution in [0.4, 0.5) is 0 Å². The summed E-state index contributed by atoms with van der Waals surface area (Å²) in [5.74, 6) is 2.06. The molecule has 0 fully saturated rings. The summed E-state index contributed by atoms with van der Waals surface area (Å²) in [5.41, 5.74) is 3.58. The Bertz CT molecular complexity index is 1610. The van der Waals surface area contributed by atoms with E-state index >= 15 is 0 Å². The molecule has 0 bridgehead atoms. The van der Waals surface area contributed by atoms with Crippen LogP contribution in [0.1, 0.15) is 17.5 Å². The quantitative estimate of drug-likeness (QED) is 0.242. The summed E-state index contributed by atoms with van der Waals surface area (Å²) in [6.45, 7) is 3.08. The fourth-order valence-electron chi connectivity index (χ4n) is 3.78. The van der Waals surface area contributed by atoms with Crippen LogP contribution < -0.4 is 24.3 Å². The molecule has 0 aliphatic rings. The van der Waals surface area contributed by atoms with E-state index in [-0.39, 0.29) is 5.56 Å². The first kappa shape index (κ1) is 23.4. The number of hydrogen-bond acceptors (Lipinski definition) is 6. The molecule has 3 aromatic carbocycles. The van der Waals surface area contributed by atoms with Gasteiger partial charge in [-0.2, -0.15) is 0 Å². The predicted molar refractivity (Wildman–Crippen MR) is 143 cm³/mol. The number of ether oxygens (including phenoxy) is 3. The Balaban J connectivity index is 1.32. The van der Waals surface area contributed by atoms with Gasteiger partial charge in [0.1, 0.15) is 5.75 Å². The van der Waals surface area contributed by atoms with Crippen molar-refractivity contribution in [3.8, 4) is 17.2 Å². The highest BCUT2D eigenvalue weighted by Crippen LogP contribution is 2.37. The lowest BCUT2D eigenvalue weighted by molar-refractivity contribution is 0.239. The molecule has 0 aliphatic carbocycles. The molecule has 0 amide bonds. The van der Waals surface area contributed by atoms with Gasteiger partial charge in [0, 0.05) is 6.42 Å². The Morgan fingerprint density at radius 1 is 1.06 bits per heavy atom. The Kier molecular flexibility index (Phi) is 6.74. The molecule has 178 valence electrons. The molecule has 0 N–H and O–H groups in total. The Morgan fingerprint density at radius 3 is 2.63 bits per heavy atom. The number of thiazole rings is 1. The normalized spacial score (nSPS) is 11.9. The number of imidazole rings is 1. The van der Waals surface area contributed by atoms with Gasteiger partial charge in [0.25, 0.3) is 5.56 Å². The van der Waals surface area contributed by atoms with Gasteiger partial charge in [-0.1, -0.05) is 41.2 Å². The number of halogens is 1. The highest BCUT2D eigenvalue weighted by atomic mass is 79.9. The van der Waals surface area contributed by atoms with E-state index in [0.29, 0.717) is 34.2 Å². The highest BCUT2D eigenvalue weighted by molar-refractivity contribution is 9.10. The lowest BCUT2D eigenvalue weighted by Crippen LogP contribution is -2.22. The summed E-state index contributed by atoms with van der Waals surface area (Å²) in [6, 6.07) is 19.4. The van der Waals surface area contributed by atoms with E-state index in [4.69, 9.17) is 14.2 Å². The summed E-state index contributed by atoms with van der Waals surface area (Å²) >= 11 is 4.96. The summed E-state index contributed by atoms with van der Waals surface area (Å²) < 4.78 is 20.3. The standard InChI is InChI=1S/C27H23BrN2O4S/c1-17-8-10-19(11-9-17)33-12-5-13-34-25-20(28)14-18(15-23(25)32-2)16-24-26(31)30-22-7-4-3-6-21(22)29-27(30)35-24/h3-4,6-11,14-16H,5,12-13H2,1-2H3. The van der Waals surface area contributed by atoms with Crippen molar-refractivity contribution in [3.63, 3.8) is 0 Å². The molecular weight excluding hydrogens is 528 g/mol. The van der Waals surface area contributed by atoms with Crippen molar-refractivity contribution in [2.75, 3.05) is 20.3 Å². The molecule has 0 aliphatic heterocycles. The molecule has 0 unspecified atom stereocenters. The van der Waals surface area contributed by atoms with Gasteiger partial charge in [-0.05, 0) is 70.9 Å². The second kappa shape index (κ2) is 10.1. The molecule has 2 heterocycles. The van der Waals surface area contributed by atoms with Gasteiger partial charge in [-0.25, -0.2) is 9.38 Å². The zero-order valence-electron chi connectivity index (χ0n) is 19.3. The molecule has 2 aromatic heterocycles. The number of fused-ring (bicyclic) bond motifs is 3. The van der Waals surface area contributed by atoms with Crippen molar-refractivity contribution in [1.29, 1.82) is 0 Å². The number of hydrogen-bond donors (Lipinski definition) is 0. The summed E-state index contributed by atoms with van der Waals surface area (Å²) in [4.78, 5) is 18.3. The predicted octanol–water partition coefficient (Wildman–Crippen LogP) is 5.38. The van der Waals surface area contributed by atoms with E-state index in [1.165, 1.54) is 16.9 Å².